The molecule has 0 unspecified atom stereocenters. The smallest absolute Gasteiger partial charge is 0.225 e. The van der Waals surface area contributed by atoms with Gasteiger partial charge in [0.25, 0.3) is 0 Å². The first-order valence-corrected chi connectivity index (χ1v) is 7.17. The van der Waals surface area contributed by atoms with Gasteiger partial charge in [0.2, 0.25) is 5.91 Å². The number of aryl methyl sites for hydroxylation is 2. The van der Waals surface area contributed by atoms with E-state index in [2.05, 4.69) is 6.07 Å². The van der Waals surface area contributed by atoms with E-state index in [4.69, 9.17) is 9.84 Å². The zero-order chi connectivity index (χ0) is 15.0. The summed E-state index contributed by atoms with van der Waals surface area (Å²) in [4.78, 5) is 13.7. The molecule has 4 nitrogen and oxygen atoms in total. The van der Waals surface area contributed by atoms with Gasteiger partial charge < -0.3 is 14.7 Å². The van der Waals surface area contributed by atoms with Crippen molar-refractivity contribution in [2.75, 3.05) is 26.3 Å². The lowest BCUT2D eigenvalue weighted by Gasteiger charge is -2.20. The second-order valence-electron chi connectivity index (χ2n) is 4.92. The molecule has 20 heavy (non-hydrogen) atoms. The van der Waals surface area contributed by atoms with E-state index in [1.54, 1.807) is 4.90 Å². The Balaban J connectivity index is 2.40. The summed E-state index contributed by atoms with van der Waals surface area (Å²) in [7, 11) is 0. The van der Waals surface area contributed by atoms with Crippen LogP contribution in [0.1, 0.15) is 30.9 Å². The molecule has 0 fully saturated rings. The highest BCUT2D eigenvalue weighted by Crippen LogP contribution is 2.18. The summed E-state index contributed by atoms with van der Waals surface area (Å²) in [5.41, 5.74) is 2.29. The van der Waals surface area contributed by atoms with Gasteiger partial charge in [-0.15, -0.1) is 0 Å². The number of ether oxygens (including phenoxy) is 1. The molecule has 0 aromatic heterocycles. The van der Waals surface area contributed by atoms with Crippen molar-refractivity contribution >= 4 is 5.91 Å². The molecular formula is C16H25NO3. The van der Waals surface area contributed by atoms with Gasteiger partial charge >= 0.3 is 0 Å². The number of benzene rings is 1. The first kappa shape index (κ1) is 16.5. The fourth-order valence-electron chi connectivity index (χ4n) is 2.09. The Morgan fingerprint density at radius 3 is 2.70 bits per heavy atom. The molecule has 4 heteroatoms. The second-order valence-corrected chi connectivity index (χ2v) is 4.92. The molecule has 0 spiro atoms. The Morgan fingerprint density at radius 2 is 2.10 bits per heavy atom. The van der Waals surface area contributed by atoms with Crippen LogP contribution in [-0.2, 0) is 4.79 Å². The monoisotopic (exact) mass is 279 g/mol. The van der Waals surface area contributed by atoms with E-state index in [9.17, 15) is 4.79 Å². The van der Waals surface area contributed by atoms with Gasteiger partial charge in [0.05, 0.1) is 13.0 Å². The molecule has 1 aromatic carbocycles. The van der Waals surface area contributed by atoms with Crippen molar-refractivity contribution in [2.24, 2.45) is 0 Å². The minimum atomic E-state index is 0.0747. The van der Waals surface area contributed by atoms with Crippen molar-refractivity contribution in [3.8, 4) is 5.75 Å². The van der Waals surface area contributed by atoms with Crippen molar-refractivity contribution in [2.45, 2.75) is 33.6 Å². The Labute approximate surface area is 121 Å². The van der Waals surface area contributed by atoms with Gasteiger partial charge in [-0.3, -0.25) is 4.79 Å². The van der Waals surface area contributed by atoms with E-state index in [0.717, 1.165) is 11.3 Å². The molecule has 1 N–H and O–H groups in total. The molecule has 0 aliphatic rings. The second kappa shape index (κ2) is 8.59. The van der Waals surface area contributed by atoms with Crippen LogP contribution in [0.5, 0.6) is 5.75 Å². The summed E-state index contributed by atoms with van der Waals surface area (Å²) in [6.45, 7) is 7.77. The number of rotatable bonds is 8. The lowest BCUT2D eigenvalue weighted by molar-refractivity contribution is -0.131. The summed E-state index contributed by atoms with van der Waals surface area (Å²) in [5.74, 6) is 0.910. The van der Waals surface area contributed by atoms with Crippen molar-refractivity contribution in [3.63, 3.8) is 0 Å². The summed E-state index contributed by atoms with van der Waals surface area (Å²) < 4.78 is 5.66. The maximum Gasteiger partial charge on any atom is 0.225 e. The molecule has 0 bridgehead atoms. The van der Waals surface area contributed by atoms with E-state index >= 15 is 0 Å². The highest BCUT2D eigenvalue weighted by molar-refractivity contribution is 5.76. The van der Waals surface area contributed by atoms with E-state index in [1.165, 1.54) is 5.56 Å². The van der Waals surface area contributed by atoms with E-state index in [0.29, 0.717) is 32.5 Å². The first-order chi connectivity index (χ1) is 9.58. The number of aliphatic hydroxyl groups excluding tert-OH is 1. The number of nitrogens with zero attached hydrogens (tertiary/aromatic N) is 1. The molecule has 0 aliphatic carbocycles. The molecule has 1 amide bonds. The molecule has 1 rings (SSSR count). The SMILES string of the molecule is CCN(CCCO)C(=O)CCOc1ccc(C)cc1C. The predicted octanol–water partition coefficient (Wildman–Crippen LogP) is 2.30. The van der Waals surface area contributed by atoms with Crippen LogP contribution in [0.25, 0.3) is 0 Å². The van der Waals surface area contributed by atoms with Crippen LogP contribution >= 0.6 is 0 Å². The van der Waals surface area contributed by atoms with Crippen LogP contribution in [0.3, 0.4) is 0 Å². The summed E-state index contributed by atoms with van der Waals surface area (Å²) in [6.07, 6.45) is 0.990. The van der Waals surface area contributed by atoms with E-state index in [1.807, 2.05) is 32.9 Å². The maximum absolute atomic E-state index is 12.0. The third kappa shape index (κ3) is 5.21. The van der Waals surface area contributed by atoms with Crippen LogP contribution in [-0.4, -0.2) is 42.2 Å². The molecule has 112 valence electrons. The van der Waals surface area contributed by atoms with Gasteiger partial charge in [-0.2, -0.15) is 0 Å². The average molecular weight is 279 g/mol. The quantitative estimate of drug-likeness (QED) is 0.794. The zero-order valence-corrected chi connectivity index (χ0v) is 12.7. The molecule has 0 radical (unpaired) electrons. The Bertz CT molecular complexity index is 432. The van der Waals surface area contributed by atoms with Gasteiger partial charge in [-0.05, 0) is 38.8 Å². The third-order valence-corrected chi connectivity index (χ3v) is 3.22. The van der Waals surface area contributed by atoms with Crippen LogP contribution in [0, 0.1) is 13.8 Å². The first-order valence-electron chi connectivity index (χ1n) is 7.17. The minimum Gasteiger partial charge on any atom is -0.493 e. The number of amides is 1. The van der Waals surface area contributed by atoms with Gasteiger partial charge in [0.1, 0.15) is 5.75 Å². The molecule has 0 aliphatic heterocycles. The topological polar surface area (TPSA) is 49.8 Å². The van der Waals surface area contributed by atoms with E-state index < -0.39 is 0 Å². The lowest BCUT2D eigenvalue weighted by Crippen LogP contribution is -2.33. The van der Waals surface area contributed by atoms with E-state index in [-0.39, 0.29) is 12.5 Å². The fraction of sp³-hybridized carbons (Fsp3) is 0.562. The number of hydrogen-bond donors (Lipinski definition) is 1. The van der Waals surface area contributed by atoms with Crippen molar-refractivity contribution in [1.82, 2.24) is 4.90 Å². The van der Waals surface area contributed by atoms with Crippen LogP contribution in [0.2, 0.25) is 0 Å². The van der Waals surface area contributed by atoms with Crippen molar-refractivity contribution in [3.05, 3.63) is 29.3 Å². The summed E-state index contributed by atoms with van der Waals surface area (Å²) in [5, 5.41) is 8.81. The van der Waals surface area contributed by atoms with Crippen molar-refractivity contribution in [1.29, 1.82) is 0 Å². The molecular weight excluding hydrogens is 254 g/mol. The summed E-state index contributed by atoms with van der Waals surface area (Å²) in [6, 6.07) is 6.01. The Hall–Kier alpha value is -1.55. The predicted molar refractivity (Wildman–Crippen MR) is 80.0 cm³/mol. The highest BCUT2D eigenvalue weighted by Gasteiger charge is 2.11. The lowest BCUT2D eigenvalue weighted by atomic mass is 10.1. The maximum atomic E-state index is 12.0. The fourth-order valence-corrected chi connectivity index (χ4v) is 2.09. The normalized spacial score (nSPS) is 10.4. The number of hydrogen-bond acceptors (Lipinski definition) is 3. The third-order valence-electron chi connectivity index (χ3n) is 3.22. The molecule has 0 saturated heterocycles. The highest BCUT2D eigenvalue weighted by atomic mass is 16.5. The Morgan fingerprint density at radius 1 is 1.35 bits per heavy atom. The number of aliphatic hydroxyl groups is 1. The molecule has 0 atom stereocenters. The largest absolute Gasteiger partial charge is 0.493 e. The van der Waals surface area contributed by atoms with Gasteiger partial charge in [-0.25, -0.2) is 0 Å². The molecule has 0 saturated carbocycles. The van der Waals surface area contributed by atoms with Crippen LogP contribution < -0.4 is 4.74 Å². The molecule has 1 aromatic rings. The zero-order valence-electron chi connectivity index (χ0n) is 12.7. The van der Waals surface area contributed by atoms with Gasteiger partial charge in [0, 0.05) is 19.7 Å². The standard InChI is InChI=1S/C16H25NO3/c1-4-17(9-5-10-18)16(19)8-11-20-15-7-6-13(2)12-14(15)3/h6-7,12,18H,4-5,8-11H2,1-3H3. The Kier molecular flexibility index (Phi) is 7.09. The van der Waals surface area contributed by atoms with Gasteiger partial charge in [0.15, 0.2) is 0 Å². The average Bonchev–Trinajstić information content (AvgIpc) is 2.42. The number of carbonyl (C=O) groups is 1. The van der Waals surface area contributed by atoms with Crippen LogP contribution in [0.4, 0.5) is 0 Å². The van der Waals surface area contributed by atoms with Crippen LogP contribution in [0.15, 0.2) is 18.2 Å². The summed E-state index contributed by atoms with van der Waals surface area (Å²) >= 11 is 0. The van der Waals surface area contributed by atoms with Gasteiger partial charge in [-0.1, -0.05) is 17.7 Å². The number of carbonyl (C=O) groups excluding carboxylic acids is 1. The molecule has 0 heterocycles. The van der Waals surface area contributed by atoms with Crippen molar-refractivity contribution < 1.29 is 14.6 Å². The minimum absolute atomic E-state index is 0.0747.